The van der Waals surface area contributed by atoms with Crippen molar-refractivity contribution in [3.63, 3.8) is 0 Å². The molecule has 0 aromatic carbocycles. The third kappa shape index (κ3) is 1.86. The van der Waals surface area contributed by atoms with E-state index in [-0.39, 0.29) is 0 Å². The monoisotopic (exact) mass is 146 g/mol. The van der Waals surface area contributed by atoms with Crippen molar-refractivity contribution in [2.45, 2.75) is 39.0 Å². The van der Waals surface area contributed by atoms with Crippen LogP contribution in [0.2, 0.25) is 0 Å². The highest BCUT2D eigenvalue weighted by Gasteiger charge is 2.27. The van der Waals surface area contributed by atoms with Crippen molar-refractivity contribution in [2.24, 2.45) is 5.41 Å². The maximum Gasteiger partial charge on any atom is 0.0228 e. The van der Waals surface area contributed by atoms with Gasteiger partial charge < -0.3 is 0 Å². The van der Waals surface area contributed by atoms with Crippen molar-refractivity contribution in [2.75, 3.05) is 5.88 Å². The van der Waals surface area contributed by atoms with E-state index in [0.29, 0.717) is 5.41 Å². The van der Waals surface area contributed by atoms with Crippen LogP contribution in [0.4, 0.5) is 0 Å². The average molecular weight is 147 g/mol. The van der Waals surface area contributed by atoms with Crippen LogP contribution in [0.1, 0.15) is 39.0 Å². The van der Waals surface area contributed by atoms with Gasteiger partial charge in [0.2, 0.25) is 0 Å². The van der Waals surface area contributed by atoms with E-state index in [1.165, 1.54) is 32.1 Å². The van der Waals surface area contributed by atoms with E-state index in [4.69, 9.17) is 11.6 Å². The van der Waals surface area contributed by atoms with Crippen molar-refractivity contribution in [3.05, 3.63) is 0 Å². The summed E-state index contributed by atoms with van der Waals surface area (Å²) in [6.45, 7) is 2.36. The fourth-order valence-electron chi connectivity index (χ4n) is 1.71. The summed E-state index contributed by atoms with van der Waals surface area (Å²) in [4.78, 5) is 0. The van der Waals surface area contributed by atoms with E-state index < -0.39 is 0 Å². The van der Waals surface area contributed by atoms with E-state index in [2.05, 4.69) is 6.92 Å². The summed E-state index contributed by atoms with van der Waals surface area (Å²) in [5, 5.41) is 0. The van der Waals surface area contributed by atoms with Crippen LogP contribution in [0.5, 0.6) is 0 Å². The molecular weight excluding hydrogens is 132 g/mol. The van der Waals surface area contributed by atoms with Gasteiger partial charge in [0, 0.05) is 5.88 Å². The molecule has 0 atom stereocenters. The molecule has 9 heavy (non-hydrogen) atoms. The molecule has 1 aliphatic rings. The smallest absolute Gasteiger partial charge is 0.0228 e. The van der Waals surface area contributed by atoms with Gasteiger partial charge in [0.15, 0.2) is 0 Å². The van der Waals surface area contributed by atoms with Crippen LogP contribution < -0.4 is 0 Å². The van der Waals surface area contributed by atoms with Crippen LogP contribution in [0.3, 0.4) is 0 Å². The van der Waals surface area contributed by atoms with Crippen molar-refractivity contribution in [1.82, 2.24) is 0 Å². The SMILES string of the molecule is CC1(CCCl)CCCC1. The molecule has 0 heterocycles. The van der Waals surface area contributed by atoms with Gasteiger partial charge in [-0.05, 0) is 24.7 Å². The summed E-state index contributed by atoms with van der Waals surface area (Å²) in [6.07, 6.45) is 6.87. The average Bonchev–Trinajstić information content (AvgIpc) is 2.16. The largest absolute Gasteiger partial charge is 0.127 e. The molecule has 0 saturated heterocycles. The molecule has 0 spiro atoms. The Kier molecular flexibility index (Phi) is 2.40. The fraction of sp³-hybridized carbons (Fsp3) is 1.00. The maximum atomic E-state index is 5.67. The topological polar surface area (TPSA) is 0 Å². The summed E-state index contributed by atoms with van der Waals surface area (Å²) in [7, 11) is 0. The predicted octanol–water partition coefficient (Wildman–Crippen LogP) is 3.20. The summed E-state index contributed by atoms with van der Waals surface area (Å²) >= 11 is 5.67. The summed E-state index contributed by atoms with van der Waals surface area (Å²) in [5.41, 5.74) is 0.613. The molecule has 0 unspecified atom stereocenters. The first-order chi connectivity index (χ1) is 4.27. The second-order valence-corrected chi connectivity index (χ2v) is 3.83. The Morgan fingerprint density at radius 2 is 1.89 bits per heavy atom. The van der Waals surface area contributed by atoms with E-state index in [9.17, 15) is 0 Å². The lowest BCUT2D eigenvalue weighted by Crippen LogP contribution is -2.10. The molecule has 0 bridgehead atoms. The third-order valence-electron chi connectivity index (χ3n) is 2.51. The highest BCUT2D eigenvalue weighted by atomic mass is 35.5. The Hall–Kier alpha value is 0.290. The number of hydrogen-bond acceptors (Lipinski definition) is 0. The highest BCUT2D eigenvalue weighted by molar-refractivity contribution is 6.17. The molecule has 0 aromatic heterocycles. The second kappa shape index (κ2) is 2.92. The molecular formula is C8H15Cl. The minimum atomic E-state index is 0.613. The predicted molar refractivity (Wildman–Crippen MR) is 41.9 cm³/mol. The lowest BCUT2D eigenvalue weighted by Gasteiger charge is -2.21. The highest BCUT2D eigenvalue weighted by Crippen LogP contribution is 2.40. The van der Waals surface area contributed by atoms with Gasteiger partial charge >= 0.3 is 0 Å². The van der Waals surface area contributed by atoms with Crippen LogP contribution in [-0.2, 0) is 0 Å². The van der Waals surface area contributed by atoms with Gasteiger partial charge in [0.25, 0.3) is 0 Å². The number of hydrogen-bond donors (Lipinski definition) is 0. The van der Waals surface area contributed by atoms with Gasteiger partial charge in [-0.15, -0.1) is 11.6 Å². The molecule has 0 aliphatic heterocycles. The molecule has 0 radical (unpaired) electrons. The molecule has 1 saturated carbocycles. The van der Waals surface area contributed by atoms with E-state index in [1.54, 1.807) is 0 Å². The zero-order valence-corrected chi connectivity index (χ0v) is 6.88. The molecule has 1 heteroatoms. The van der Waals surface area contributed by atoms with Gasteiger partial charge in [-0.1, -0.05) is 19.8 Å². The van der Waals surface area contributed by atoms with Crippen molar-refractivity contribution < 1.29 is 0 Å². The van der Waals surface area contributed by atoms with Gasteiger partial charge in [0.05, 0.1) is 0 Å². The Morgan fingerprint density at radius 3 is 2.33 bits per heavy atom. The van der Waals surface area contributed by atoms with Crippen LogP contribution in [0.25, 0.3) is 0 Å². The van der Waals surface area contributed by atoms with Crippen LogP contribution in [0, 0.1) is 5.41 Å². The standard InChI is InChI=1S/C8H15Cl/c1-8(6-7-9)4-2-3-5-8/h2-7H2,1H3. The van der Waals surface area contributed by atoms with Gasteiger partial charge in [-0.3, -0.25) is 0 Å². The Balaban J connectivity index is 2.32. The first-order valence-corrected chi connectivity index (χ1v) is 4.36. The van der Waals surface area contributed by atoms with Crippen LogP contribution >= 0.6 is 11.6 Å². The molecule has 0 aromatic rings. The molecule has 0 amide bonds. The molecule has 54 valence electrons. The third-order valence-corrected chi connectivity index (χ3v) is 2.70. The van der Waals surface area contributed by atoms with Gasteiger partial charge in [0.1, 0.15) is 0 Å². The minimum absolute atomic E-state index is 0.613. The van der Waals surface area contributed by atoms with Gasteiger partial charge in [-0.25, -0.2) is 0 Å². The fourth-order valence-corrected chi connectivity index (χ4v) is 2.16. The number of rotatable bonds is 2. The zero-order chi connectivity index (χ0) is 6.74. The zero-order valence-electron chi connectivity index (χ0n) is 6.12. The lowest BCUT2D eigenvalue weighted by molar-refractivity contribution is 0.326. The summed E-state index contributed by atoms with van der Waals surface area (Å²) < 4.78 is 0. The molecule has 1 rings (SSSR count). The molecule has 0 N–H and O–H groups in total. The summed E-state index contributed by atoms with van der Waals surface area (Å²) in [6, 6.07) is 0. The minimum Gasteiger partial charge on any atom is -0.127 e. The van der Waals surface area contributed by atoms with Crippen molar-refractivity contribution in [1.29, 1.82) is 0 Å². The normalized spacial score (nSPS) is 24.7. The van der Waals surface area contributed by atoms with Crippen molar-refractivity contribution >= 4 is 11.6 Å². The quantitative estimate of drug-likeness (QED) is 0.525. The molecule has 1 fully saturated rings. The van der Waals surface area contributed by atoms with Crippen LogP contribution in [0.15, 0.2) is 0 Å². The Bertz CT molecular complexity index is 82.6. The second-order valence-electron chi connectivity index (χ2n) is 3.46. The van der Waals surface area contributed by atoms with Gasteiger partial charge in [-0.2, -0.15) is 0 Å². The first kappa shape index (κ1) is 7.40. The van der Waals surface area contributed by atoms with E-state index in [1.807, 2.05) is 0 Å². The first-order valence-electron chi connectivity index (χ1n) is 3.83. The Morgan fingerprint density at radius 1 is 1.33 bits per heavy atom. The molecule has 0 nitrogen and oxygen atoms in total. The maximum absolute atomic E-state index is 5.67. The van der Waals surface area contributed by atoms with E-state index >= 15 is 0 Å². The van der Waals surface area contributed by atoms with Crippen LogP contribution in [-0.4, -0.2) is 5.88 Å². The Labute approximate surface area is 62.6 Å². The van der Waals surface area contributed by atoms with Crippen molar-refractivity contribution in [3.8, 4) is 0 Å². The van der Waals surface area contributed by atoms with E-state index in [0.717, 1.165) is 5.88 Å². The summed E-state index contributed by atoms with van der Waals surface area (Å²) in [5.74, 6) is 0.844. The molecule has 1 aliphatic carbocycles. The lowest BCUT2D eigenvalue weighted by atomic mass is 9.86. The number of halogens is 1. The number of alkyl halides is 1.